The molecule has 7 heteroatoms. The second kappa shape index (κ2) is 9.37. The lowest BCUT2D eigenvalue weighted by atomic mass is 9.97. The van der Waals surface area contributed by atoms with E-state index in [1.54, 1.807) is 37.6 Å². The van der Waals surface area contributed by atoms with E-state index in [1.165, 1.54) is 18.4 Å². The van der Waals surface area contributed by atoms with Crippen molar-refractivity contribution in [3.05, 3.63) is 52.8 Å². The summed E-state index contributed by atoms with van der Waals surface area (Å²) in [6, 6.07) is 6.79. The zero-order valence-corrected chi connectivity index (χ0v) is 16.1. The predicted molar refractivity (Wildman–Crippen MR) is 107 cm³/mol. The number of hydrogen-bond donors (Lipinski definition) is 2. The molecule has 1 heterocycles. The Labute approximate surface area is 164 Å². The summed E-state index contributed by atoms with van der Waals surface area (Å²) in [7, 11) is 1.57. The van der Waals surface area contributed by atoms with E-state index < -0.39 is 0 Å². The molecule has 1 amide bonds. The summed E-state index contributed by atoms with van der Waals surface area (Å²) in [6.07, 6.45) is 9.53. The molecule has 0 fully saturated rings. The molecule has 0 unspecified atom stereocenters. The summed E-state index contributed by atoms with van der Waals surface area (Å²) >= 11 is 6.04. The van der Waals surface area contributed by atoms with E-state index in [0.29, 0.717) is 34.6 Å². The highest BCUT2D eigenvalue weighted by molar-refractivity contribution is 6.31. The van der Waals surface area contributed by atoms with E-state index in [4.69, 9.17) is 16.3 Å². The first-order chi connectivity index (χ1) is 13.2. The van der Waals surface area contributed by atoms with Gasteiger partial charge in [0.15, 0.2) is 0 Å². The van der Waals surface area contributed by atoms with Gasteiger partial charge in [-0.2, -0.15) is 0 Å². The third-order valence-corrected chi connectivity index (χ3v) is 4.65. The van der Waals surface area contributed by atoms with Crippen LogP contribution in [0, 0.1) is 0 Å². The van der Waals surface area contributed by atoms with Crippen molar-refractivity contribution in [2.45, 2.75) is 32.1 Å². The lowest BCUT2D eigenvalue weighted by molar-refractivity contribution is 0.0949. The SMILES string of the molecule is COc1ccc(Cl)cc1Nc1nccc(C(=O)NCCC2=CCCCC2)n1. The average molecular weight is 387 g/mol. The molecule has 1 aliphatic carbocycles. The van der Waals surface area contributed by atoms with Crippen molar-refractivity contribution in [2.75, 3.05) is 19.0 Å². The number of nitrogens with one attached hydrogen (secondary N) is 2. The fourth-order valence-corrected chi connectivity index (χ4v) is 3.17. The first-order valence-electron chi connectivity index (χ1n) is 9.05. The van der Waals surface area contributed by atoms with Crippen LogP contribution in [0.4, 0.5) is 11.6 Å². The number of halogens is 1. The molecule has 27 heavy (non-hydrogen) atoms. The second-order valence-electron chi connectivity index (χ2n) is 6.35. The monoisotopic (exact) mass is 386 g/mol. The Bertz CT molecular complexity index is 838. The molecule has 1 aromatic carbocycles. The van der Waals surface area contributed by atoms with E-state index in [9.17, 15) is 4.79 Å². The van der Waals surface area contributed by atoms with Gasteiger partial charge in [0.2, 0.25) is 5.95 Å². The molecule has 142 valence electrons. The summed E-state index contributed by atoms with van der Waals surface area (Å²) in [5, 5.41) is 6.53. The summed E-state index contributed by atoms with van der Waals surface area (Å²) in [5.74, 6) is 0.701. The van der Waals surface area contributed by atoms with Crippen LogP contribution in [0.2, 0.25) is 5.02 Å². The molecule has 2 N–H and O–H groups in total. The smallest absolute Gasteiger partial charge is 0.270 e. The number of aromatic nitrogens is 2. The largest absolute Gasteiger partial charge is 0.495 e. The first-order valence-corrected chi connectivity index (χ1v) is 9.43. The van der Waals surface area contributed by atoms with Gasteiger partial charge in [-0.25, -0.2) is 9.97 Å². The molecule has 0 radical (unpaired) electrons. The molecule has 1 aliphatic rings. The van der Waals surface area contributed by atoms with Gasteiger partial charge < -0.3 is 15.4 Å². The van der Waals surface area contributed by atoms with Crippen LogP contribution >= 0.6 is 11.6 Å². The van der Waals surface area contributed by atoms with E-state index in [2.05, 4.69) is 26.7 Å². The number of nitrogens with zero attached hydrogens (tertiary/aromatic N) is 2. The number of rotatable bonds is 7. The standard InChI is InChI=1S/C20H23ClN4O2/c1-27-18-8-7-15(21)13-17(18)25-20-23-12-10-16(24-20)19(26)22-11-9-14-5-3-2-4-6-14/h5,7-8,10,12-13H,2-4,6,9,11H2,1H3,(H,22,26)(H,23,24,25). The molecule has 2 aromatic rings. The van der Waals surface area contributed by atoms with Gasteiger partial charge in [0.25, 0.3) is 5.91 Å². The number of allylic oxidation sites excluding steroid dienone is 1. The maximum Gasteiger partial charge on any atom is 0.270 e. The minimum atomic E-state index is -0.213. The summed E-state index contributed by atoms with van der Waals surface area (Å²) in [5.41, 5.74) is 2.37. The molecule has 3 rings (SSSR count). The van der Waals surface area contributed by atoms with Crippen LogP contribution in [0.3, 0.4) is 0 Å². The van der Waals surface area contributed by atoms with E-state index >= 15 is 0 Å². The van der Waals surface area contributed by atoms with Gasteiger partial charge >= 0.3 is 0 Å². The van der Waals surface area contributed by atoms with Crippen molar-refractivity contribution in [2.24, 2.45) is 0 Å². The molecular weight excluding hydrogens is 364 g/mol. The molecule has 0 bridgehead atoms. The molecule has 0 spiro atoms. The van der Waals surface area contributed by atoms with E-state index in [0.717, 1.165) is 19.3 Å². The Hall–Kier alpha value is -2.60. The number of ether oxygens (including phenoxy) is 1. The molecule has 1 aromatic heterocycles. The van der Waals surface area contributed by atoms with Crippen molar-refractivity contribution in [3.63, 3.8) is 0 Å². The number of hydrogen-bond acceptors (Lipinski definition) is 5. The number of amides is 1. The molecule has 0 aliphatic heterocycles. The van der Waals surface area contributed by atoms with Gasteiger partial charge in [-0.1, -0.05) is 23.3 Å². The Balaban J connectivity index is 1.62. The number of carbonyl (C=O) groups excluding carboxylic acids is 1. The Morgan fingerprint density at radius 1 is 1.30 bits per heavy atom. The molecular formula is C20H23ClN4O2. The second-order valence-corrected chi connectivity index (χ2v) is 6.79. The van der Waals surface area contributed by atoms with E-state index in [1.807, 2.05) is 0 Å². The van der Waals surface area contributed by atoms with Gasteiger partial charge in [-0.05, 0) is 56.4 Å². The minimum Gasteiger partial charge on any atom is -0.495 e. The fraction of sp³-hybridized carbons (Fsp3) is 0.350. The topological polar surface area (TPSA) is 76.1 Å². The summed E-state index contributed by atoms with van der Waals surface area (Å²) in [6.45, 7) is 0.611. The normalized spacial score (nSPS) is 13.6. The third kappa shape index (κ3) is 5.44. The number of carbonyl (C=O) groups is 1. The number of anilines is 2. The summed E-state index contributed by atoms with van der Waals surface area (Å²) in [4.78, 5) is 20.8. The van der Waals surface area contributed by atoms with Crippen molar-refractivity contribution in [3.8, 4) is 5.75 Å². The van der Waals surface area contributed by atoms with Crippen molar-refractivity contribution in [1.82, 2.24) is 15.3 Å². The highest BCUT2D eigenvalue weighted by Gasteiger charge is 2.11. The Morgan fingerprint density at radius 3 is 2.96 bits per heavy atom. The highest BCUT2D eigenvalue weighted by Crippen LogP contribution is 2.29. The minimum absolute atomic E-state index is 0.213. The van der Waals surface area contributed by atoms with Gasteiger partial charge in [0.1, 0.15) is 11.4 Å². The fourth-order valence-electron chi connectivity index (χ4n) is 3.00. The van der Waals surface area contributed by atoms with Gasteiger partial charge in [-0.3, -0.25) is 4.79 Å². The summed E-state index contributed by atoms with van der Waals surface area (Å²) < 4.78 is 5.30. The van der Waals surface area contributed by atoms with Crippen molar-refractivity contribution >= 4 is 29.1 Å². The van der Waals surface area contributed by atoms with Gasteiger partial charge in [0.05, 0.1) is 12.8 Å². The highest BCUT2D eigenvalue weighted by atomic mass is 35.5. The van der Waals surface area contributed by atoms with E-state index in [-0.39, 0.29) is 5.91 Å². The number of methoxy groups -OCH3 is 1. The Kier molecular flexibility index (Phi) is 6.65. The van der Waals surface area contributed by atoms with Gasteiger partial charge in [-0.15, -0.1) is 0 Å². The maximum atomic E-state index is 12.4. The lowest BCUT2D eigenvalue weighted by Gasteiger charge is -2.13. The molecule has 0 saturated carbocycles. The van der Waals surface area contributed by atoms with Crippen LogP contribution in [0.5, 0.6) is 5.75 Å². The number of benzene rings is 1. The van der Waals surface area contributed by atoms with Gasteiger partial charge in [0, 0.05) is 17.8 Å². The van der Waals surface area contributed by atoms with Crippen LogP contribution < -0.4 is 15.4 Å². The molecule has 0 saturated heterocycles. The third-order valence-electron chi connectivity index (χ3n) is 4.41. The first kappa shape index (κ1) is 19.2. The van der Waals surface area contributed by atoms with Crippen LogP contribution in [0.15, 0.2) is 42.1 Å². The zero-order chi connectivity index (χ0) is 19.1. The Morgan fingerprint density at radius 2 is 2.19 bits per heavy atom. The van der Waals surface area contributed by atoms with Crippen LogP contribution in [-0.4, -0.2) is 29.5 Å². The lowest BCUT2D eigenvalue weighted by Crippen LogP contribution is -2.26. The molecule has 0 atom stereocenters. The van der Waals surface area contributed by atoms with Crippen LogP contribution in [-0.2, 0) is 0 Å². The van der Waals surface area contributed by atoms with Crippen molar-refractivity contribution < 1.29 is 9.53 Å². The maximum absolute atomic E-state index is 12.4. The van der Waals surface area contributed by atoms with Crippen molar-refractivity contribution in [1.29, 1.82) is 0 Å². The van der Waals surface area contributed by atoms with Crippen LogP contribution in [0.1, 0.15) is 42.6 Å². The average Bonchev–Trinajstić information content (AvgIpc) is 2.69. The predicted octanol–water partition coefficient (Wildman–Crippen LogP) is 4.50. The molecule has 6 nitrogen and oxygen atoms in total. The van der Waals surface area contributed by atoms with Crippen LogP contribution in [0.25, 0.3) is 0 Å². The zero-order valence-electron chi connectivity index (χ0n) is 15.3. The quantitative estimate of drug-likeness (QED) is 0.685.